The van der Waals surface area contributed by atoms with Gasteiger partial charge in [-0.3, -0.25) is 14.8 Å². The Labute approximate surface area is 153 Å². The zero-order valence-electron chi connectivity index (χ0n) is 16.3. The summed E-state index contributed by atoms with van der Waals surface area (Å²) in [7, 11) is 0. The molecule has 2 rings (SSSR count). The van der Waals surface area contributed by atoms with Crippen LogP contribution in [0.3, 0.4) is 0 Å². The van der Waals surface area contributed by atoms with Gasteiger partial charge in [0.15, 0.2) is 5.96 Å². The second-order valence-corrected chi connectivity index (χ2v) is 7.25. The van der Waals surface area contributed by atoms with E-state index in [9.17, 15) is 0 Å². The van der Waals surface area contributed by atoms with Crippen molar-refractivity contribution in [3.63, 3.8) is 0 Å². The number of nitrogens with zero attached hydrogens (tertiary/aromatic N) is 3. The molecule has 0 aliphatic carbocycles. The van der Waals surface area contributed by atoms with Crippen LogP contribution >= 0.6 is 0 Å². The lowest BCUT2D eigenvalue weighted by molar-refractivity contribution is -0.0261. The molecule has 2 heterocycles. The summed E-state index contributed by atoms with van der Waals surface area (Å²) in [5, 5.41) is 6.77. The third-order valence-electron chi connectivity index (χ3n) is 4.47. The molecule has 0 aromatic carbocycles. The van der Waals surface area contributed by atoms with Gasteiger partial charge in [0.25, 0.3) is 0 Å². The molecule has 7 heteroatoms. The Balaban J connectivity index is 1.72. The third kappa shape index (κ3) is 8.35. The molecule has 0 spiro atoms. The van der Waals surface area contributed by atoms with E-state index in [0.29, 0.717) is 12.5 Å². The van der Waals surface area contributed by atoms with Crippen molar-refractivity contribution in [1.29, 1.82) is 0 Å². The van der Waals surface area contributed by atoms with Gasteiger partial charge in [-0.1, -0.05) is 13.8 Å². The van der Waals surface area contributed by atoms with Gasteiger partial charge in [0, 0.05) is 52.4 Å². The van der Waals surface area contributed by atoms with Crippen molar-refractivity contribution in [2.24, 2.45) is 10.9 Å². The lowest BCUT2D eigenvalue weighted by atomic mass is 10.2. The molecule has 1 atom stereocenters. The fourth-order valence-corrected chi connectivity index (χ4v) is 3.27. The normalized spacial score (nSPS) is 23.8. The fourth-order valence-electron chi connectivity index (χ4n) is 3.27. The Kier molecular flexibility index (Phi) is 9.54. The number of rotatable bonds is 8. The third-order valence-corrected chi connectivity index (χ3v) is 4.47. The topological polar surface area (TPSA) is 61.4 Å². The van der Waals surface area contributed by atoms with Gasteiger partial charge in [-0.2, -0.15) is 0 Å². The average Bonchev–Trinajstić information content (AvgIpc) is 2.60. The smallest absolute Gasteiger partial charge is 0.191 e. The summed E-state index contributed by atoms with van der Waals surface area (Å²) >= 11 is 0. The van der Waals surface area contributed by atoms with Gasteiger partial charge < -0.3 is 20.1 Å². The van der Waals surface area contributed by atoms with E-state index >= 15 is 0 Å². The van der Waals surface area contributed by atoms with Crippen molar-refractivity contribution in [3.8, 4) is 0 Å². The maximum absolute atomic E-state index is 5.89. The molecule has 0 bridgehead atoms. The number of nitrogens with one attached hydrogen (secondary N) is 2. The van der Waals surface area contributed by atoms with E-state index in [2.05, 4.69) is 41.2 Å². The number of hydrogen-bond donors (Lipinski definition) is 2. The maximum Gasteiger partial charge on any atom is 0.191 e. The minimum atomic E-state index is 0.196. The highest BCUT2D eigenvalue weighted by atomic mass is 16.5. The molecule has 0 saturated carbocycles. The summed E-state index contributed by atoms with van der Waals surface area (Å²) in [6.07, 6.45) is 0.196. The van der Waals surface area contributed by atoms with Crippen LogP contribution in [-0.2, 0) is 9.47 Å². The number of guanidine groups is 1. The zero-order valence-corrected chi connectivity index (χ0v) is 16.3. The number of aliphatic imine (C=N–C) groups is 1. The van der Waals surface area contributed by atoms with E-state index in [0.717, 1.165) is 78.1 Å². The van der Waals surface area contributed by atoms with Crippen LogP contribution in [0.15, 0.2) is 4.99 Å². The van der Waals surface area contributed by atoms with Gasteiger partial charge in [-0.15, -0.1) is 0 Å². The number of ether oxygens (including phenoxy) is 2. The fraction of sp³-hybridized carbons (Fsp3) is 0.944. The molecule has 0 aromatic heterocycles. The van der Waals surface area contributed by atoms with Crippen molar-refractivity contribution in [3.05, 3.63) is 0 Å². The maximum atomic E-state index is 5.89. The Morgan fingerprint density at radius 3 is 2.60 bits per heavy atom. The van der Waals surface area contributed by atoms with Gasteiger partial charge in [-0.25, -0.2) is 0 Å². The lowest BCUT2D eigenvalue weighted by Gasteiger charge is -2.33. The molecule has 25 heavy (non-hydrogen) atoms. The molecule has 7 nitrogen and oxygen atoms in total. The molecule has 0 amide bonds. The van der Waals surface area contributed by atoms with E-state index in [1.54, 1.807) is 0 Å². The van der Waals surface area contributed by atoms with Crippen molar-refractivity contribution in [2.75, 3.05) is 78.7 Å². The highest BCUT2D eigenvalue weighted by Crippen LogP contribution is 2.08. The van der Waals surface area contributed by atoms with Crippen LogP contribution in [-0.4, -0.2) is 101 Å². The standard InChI is InChI=1S/C18H37N5O2/c1-4-19-18(20-5-6-22-7-10-24-11-8-22)21-13-17-15-23(9-12-25-17)14-16(2)3/h16-17H,4-15H2,1-3H3,(H2,19,20,21). The SMILES string of the molecule is CCNC(=NCC1CN(CC(C)C)CCO1)NCCN1CCOCC1. The Bertz CT molecular complexity index is 386. The van der Waals surface area contributed by atoms with E-state index in [4.69, 9.17) is 14.5 Å². The van der Waals surface area contributed by atoms with Crippen LogP contribution in [0.5, 0.6) is 0 Å². The van der Waals surface area contributed by atoms with Crippen molar-refractivity contribution in [1.82, 2.24) is 20.4 Å². The minimum Gasteiger partial charge on any atom is -0.379 e. The predicted octanol–water partition coefficient (Wildman–Crippen LogP) is 0.231. The Morgan fingerprint density at radius 1 is 1.12 bits per heavy atom. The van der Waals surface area contributed by atoms with Gasteiger partial charge in [0.2, 0.25) is 0 Å². The van der Waals surface area contributed by atoms with Crippen LogP contribution in [0.2, 0.25) is 0 Å². The summed E-state index contributed by atoms with van der Waals surface area (Å²) in [6, 6.07) is 0. The summed E-state index contributed by atoms with van der Waals surface area (Å²) in [5.41, 5.74) is 0. The van der Waals surface area contributed by atoms with E-state index in [-0.39, 0.29) is 6.10 Å². The number of morpholine rings is 2. The van der Waals surface area contributed by atoms with Crippen LogP contribution in [0.25, 0.3) is 0 Å². The second-order valence-electron chi connectivity index (χ2n) is 7.25. The summed E-state index contributed by atoms with van der Waals surface area (Å²) in [5.74, 6) is 1.58. The highest BCUT2D eigenvalue weighted by molar-refractivity contribution is 5.79. The minimum absolute atomic E-state index is 0.196. The summed E-state index contributed by atoms with van der Waals surface area (Å²) in [6.45, 7) is 17.9. The van der Waals surface area contributed by atoms with Crippen LogP contribution in [0.1, 0.15) is 20.8 Å². The first-order valence-electron chi connectivity index (χ1n) is 9.83. The van der Waals surface area contributed by atoms with Crippen molar-refractivity contribution >= 4 is 5.96 Å². The lowest BCUT2D eigenvalue weighted by Crippen LogP contribution is -2.46. The largest absolute Gasteiger partial charge is 0.379 e. The van der Waals surface area contributed by atoms with Crippen LogP contribution < -0.4 is 10.6 Å². The monoisotopic (exact) mass is 355 g/mol. The second kappa shape index (κ2) is 11.7. The molecule has 2 saturated heterocycles. The first-order chi connectivity index (χ1) is 12.2. The Hall–Kier alpha value is -0.890. The van der Waals surface area contributed by atoms with Gasteiger partial charge in [-0.05, 0) is 12.8 Å². The molecule has 146 valence electrons. The van der Waals surface area contributed by atoms with E-state index in [1.165, 1.54) is 0 Å². The van der Waals surface area contributed by atoms with E-state index < -0.39 is 0 Å². The average molecular weight is 356 g/mol. The molecule has 2 aliphatic rings. The molecule has 0 radical (unpaired) electrons. The molecule has 2 aliphatic heterocycles. The van der Waals surface area contributed by atoms with Gasteiger partial charge in [0.1, 0.15) is 0 Å². The summed E-state index contributed by atoms with van der Waals surface area (Å²) < 4.78 is 11.3. The summed E-state index contributed by atoms with van der Waals surface area (Å²) in [4.78, 5) is 9.65. The predicted molar refractivity (Wildman–Crippen MR) is 102 cm³/mol. The van der Waals surface area contributed by atoms with Crippen LogP contribution in [0, 0.1) is 5.92 Å². The quantitative estimate of drug-likeness (QED) is 0.480. The van der Waals surface area contributed by atoms with Crippen molar-refractivity contribution < 1.29 is 9.47 Å². The number of hydrogen-bond acceptors (Lipinski definition) is 5. The molecule has 2 N–H and O–H groups in total. The Morgan fingerprint density at radius 2 is 1.88 bits per heavy atom. The molecular formula is C18H37N5O2. The molecule has 2 fully saturated rings. The van der Waals surface area contributed by atoms with Gasteiger partial charge >= 0.3 is 0 Å². The highest BCUT2D eigenvalue weighted by Gasteiger charge is 2.20. The van der Waals surface area contributed by atoms with Gasteiger partial charge in [0.05, 0.1) is 32.5 Å². The van der Waals surface area contributed by atoms with Crippen molar-refractivity contribution in [2.45, 2.75) is 26.9 Å². The zero-order chi connectivity index (χ0) is 17.9. The van der Waals surface area contributed by atoms with E-state index in [1.807, 2.05) is 0 Å². The molecular weight excluding hydrogens is 318 g/mol. The molecule has 1 unspecified atom stereocenters. The first kappa shape index (κ1) is 20.4. The van der Waals surface area contributed by atoms with Crippen LogP contribution in [0.4, 0.5) is 0 Å². The molecule has 0 aromatic rings. The first-order valence-corrected chi connectivity index (χ1v) is 9.83.